The molecule has 0 amide bonds. The molecular formula is C25H30F2N6OS. The summed E-state index contributed by atoms with van der Waals surface area (Å²) < 4.78 is 35.3. The van der Waals surface area contributed by atoms with Crippen LogP contribution in [0.5, 0.6) is 5.75 Å². The molecule has 0 radical (unpaired) electrons. The average Bonchev–Trinajstić information content (AvgIpc) is 3.31. The summed E-state index contributed by atoms with van der Waals surface area (Å²) in [6, 6.07) is 9.01. The molecule has 2 heterocycles. The van der Waals surface area contributed by atoms with Gasteiger partial charge in [-0.1, -0.05) is 6.92 Å². The van der Waals surface area contributed by atoms with E-state index in [2.05, 4.69) is 40.6 Å². The van der Waals surface area contributed by atoms with Crippen LogP contribution < -0.4 is 21.5 Å². The number of ether oxygens (including phenoxy) is 1. The van der Waals surface area contributed by atoms with Gasteiger partial charge < -0.3 is 21.5 Å². The number of thioether (sulfide) groups is 1. The number of nitrogens with zero attached hydrogens (tertiary/aromatic N) is 3. The zero-order chi connectivity index (χ0) is 25.4. The van der Waals surface area contributed by atoms with Crippen LogP contribution in [0.25, 0.3) is 16.9 Å². The minimum Gasteiger partial charge on any atom is -0.494 e. The number of anilines is 2. The van der Waals surface area contributed by atoms with Gasteiger partial charge >= 0.3 is 0 Å². The fourth-order valence-corrected chi connectivity index (χ4v) is 4.15. The smallest absolute Gasteiger partial charge is 0.201 e. The highest BCUT2D eigenvalue weighted by Crippen LogP contribution is 2.32. The first kappa shape index (κ1) is 26.4. The van der Waals surface area contributed by atoms with Gasteiger partial charge in [0.1, 0.15) is 0 Å². The Morgan fingerprint density at radius 3 is 2.49 bits per heavy atom. The quantitative estimate of drug-likeness (QED) is 0.292. The lowest BCUT2D eigenvalue weighted by Crippen LogP contribution is -2.06. The second-order valence-electron chi connectivity index (χ2n) is 7.49. The Balaban J connectivity index is 0.000000623. The Morgan fingerprint density at radius 2 is 1.86 bits per heavy atom. The van der Waals surface area contributed by atoms with Crippen molar-refractivity contribution < 1.29 is 13.5 Å². The minimum absolute atomic E-state index is 0.0931. The van der Waals surface area contributed by atoms with Gasteiger partial charge in [-0.15, -0.1) is 11.8 Å². The van der Waals surface area contributed by atoms with Gasteiger partial charge in [0, 0.05) is 28.5 Å². The van der Waals surface area contributed by atoms with Gasteiger partial charge in [-0.2, -0.15) is 4.39 Å². The molecule has 35 heavy (non-hydrogen) atoms. The van der Waals surface area contributed by atoms with Gasteiger partial charge in [0.05, 0.1) is 19.0 Å². The maximum absolute atomic E-state index is 14.6. The Hall–Kier alpha value is -3.21. The van der Waals surface area contributed by atoms with E-state index in [9.17, 15) is 8.78 Å². The number of aryl methyl sites for hydroxylation is 1. The summed E-state index contributed by atoms with van der Waals surface area (Å²) in [5.74, 6) is -1.63. The predicted molar refractivity (Wildman–Crippen MR) is 139 cm³/mol. The lowest BCUT2D eigenvalue weighted by Gasteiger charge is -2.11. The van der Waals surface area contributed by atoms with Gasteiger partial charge in [-0.05, 0) is 68.1 Å². The number of hydrogen-bond donors (Lipinski definition) is 3. The third kappa shape index (κ3) is 5.90. The molecule has 0 atom stereocenters. The van der Waals surface area contributed by atoms with Gasteiger partial charge in [-0.3, -0.25) is 4.40 Å². The van der Waals surface area contributed by atoms with Crippen LogP contribution in [0, 0.1) is 11.6 Å². The van der Waals surface area contributed by atoms with Crippen LogP contribution in [-0.2, 0) is 6.42 Å². The highest BCUT2D eigenvalue weighted by atomic mass is 32.2. The molecule has 0 unspecified atom stereocenters. The number of halogens is 2. The molecular weight excluding hydrogens is 470 g/mol. The average molecular weight is 501 g/mol. The predicted octanol–water partition coefficient (Wildman–Crippen LogP) is 5.00. The zero-order valence-electron chi connectivity index (χ0n) is 20.0. The minimum atomic E-state index is -1.03. The molecule has 0 aliphatic rings. The Labute approximate surface area is 207 Å². The van der Waals surface area contributed by atoms with E-state index in [4.69, 9.17) is 16.2 Å². The number of nitrogens with two attached hydrogens (primary N) is 2. The van der Waals surface area contributed by atoms with Crippen molar-refractivity contribution in [3.63, 3.8) is 0 Å². The van der Waals surface area contributed by atoms with Crippen LogP contribution in [0.3, 0.4) is 0 Å². The number of nitrogens with one attached hydrogen (secondary N) is 1. The fraction of sp³-hybridized carbons (Fsp3) is 0.280. The maximum atomic E-state index is 14.6. The van der Waals surface area contributed by atoms with E-state index in [1.54, 1.807) is 28.6 Å². The summed E-state index contributed by atoms with van der Waals surface area (Å²) in [6.45, 7) is 3.55. The van der Waals surface area contributed by atoms with Crippen LogP contribution in [0.15, 0.2) is 53.8 Å². The first-order valence-electron chi connectivity index (χ1n) is 11.2. The van der Waals surface area contributed by atoms with Gasteiger partial charge in [0.25, 0.3) is 0 Å². The van der Waals surface area contributed by atoms with Crippen molar-refractivity contribution in [2.45, 2.75) is 24.7 Å². The standard InChI is InChI=1S/C22H20F2N4OS.C3H10N2/c1-4-13-11-14(5-8-18(13)30-3)27-21-22-26-12-16(28(22)10-9-25-21)15-6-7-17(29-2)20(24)19(15)23;4-2-1-3-5/h5-12H,4H2,1-3H3,(H,25,27);1-5H2. The van der Waals surface area contributed by atoms with Crippen LogP contribution in [-0.4, -0.2) is 40.8 Å². The zero-order valence-corrected chi connectivity index (χ0v) is 20.8. The van der Waals surface area contributed by atoms with Crippen molar-refractivity contribution in [1.29, 1.82) is 0 Å². The first-order chi connectivity index (χ1) is 17.0. The molecule has 0 aliphatic heterocycles. The van der Waals surface area contributed by atoms with Crippen LogP contribution in [0.4, 0.5) is 20.3 Å². The molecule has 0 saturated heterocycles. The molecule has 4 rings (SSSR count). The van der Waals surface area contributed by atoms with Gasteiger partial charge in [0.15, 0.2) is 23.0 Å². The molecule has 2 aromatic carbocycles. The monoisotopic (exact) mass is 500 g/mol. The molecule has 10 heteroatoms. The number of rotatable bonds is 8. The van der Waals surface area contributed by atoms with Crippen LogP contribution in [0.2, 0.25) is 0 Å². The van der Waals surface area contributed by atoms with E-state index in [1.807, 2.05) is 6.07 Å². The molecule has 5 N–H and O–H groups in total. The second-order valence-corrected chi connectivity index (χ2v) is 8.34. The van der Waals surface area contributed by atoms with Crippen molar-refractivity contribution in [1.82, 2.24) is 14.4 Å². The Bertz CT molecular complexity index is 1280. The molecule has 2 aromatic heterocycles. The molecule has 186 valence electrons. The van der Waals surface area contributed by atoms with Gasteiger partial charge in [0.2, 0.25) is 5.82 Å². The third-order valence-corrected chi connectivity index (χ3v) is 6.14. The normalized spacial score (nSPS) is 10.7. The number of benzene rings is 2. The molecule has 0 bridgehead atoms. The molecule has 4 aromatic rings. The highest BCUT2D eigenvalue weighted by molar-refractivity contribution is 7.98. The summed E-state index contributed by atoms with van der Waals surface area (Å²) in [7, 11) is 1.30. The number of hydrogen-bond acceptors (Lipinski definition) is 7. The van der Waals surface area contributed by atoms with Crippen molar-refractivity contribution in [2.75, 3.05) is 31.8 Å². The van der Waals surface area contributed by atoms with Crippen LogP contribution >= 0.6 is 11.8 Å². The Morgan fingerprint density at radius 1 is 1.09 bits per heavy atom. The number of aromatic nitrogens is 3. The lowest BCUT2D eigenvalue weighted by atomic mass is 10.1. The summed E-state index contributed by atoms with van der Waals surface area (Å²) in [5.41, 5.74) is 13.3. The molecule has 0 aliphatic carbocycles. The molecule has 0 saturated carbocycles. The van der Waals surface area contributed by atoms with E-state index < -0.39 is 11.6 Å². The van der Waals surface area contributed by atoms with E-state index in [-0.39, 0.29) is 11.3 Å². The summed E-state index contributed by atoms with van der Waals surface area (Å²) in [4.78, 5) is 10.0. The topological polar surface area (TPSA) is 103 Å². The second kappa shape index (κ2) is 12.5. The van der Waals surface area contributed by atoms with E-state index >= 15 is 0 Å². The maximum Gasteiger partial charge on any atom is 0.201 e. The van der Waals surface area contributed by atoms with Crippen molar-refractivity contribution in [3.8, 4) is 17.0 Å². The molecule has 0 fully saturated rings. The summed E-state index contributed by atoms with van der Waals surface area (Å²) >= 11 is 1.71. The molecule has 0 spiro atoms. The number of methoxy groups -OCH3 is 1. The number of imidazole rings is 1. The Kier molecular flexibility index (Phi) is 9.41. The fourth-order valence-electron chi connectivity index (χ4n) is 3.48. The first-order valence-corrected chi connectivity index (χ1v) is 12.4. The summed E-state index contributed by atoms with van der Waals surface area (Å²) in [5, 5.41) is 3.29. The number of fused-ring (bicyclic) bond motifs is 1. The van der Waals surface area contributed by atoms with Gasteiger partial charge in [-0.25, -0.2) is 14.4 Å². The van der Waals surface area contributed by atoms with Crippen molar-refractivity contribution in [3.05, 3.63) is 66.1 Å². The van der Waals surface area contributed by atoms with Crippen molar-refractivity contribution >= 4 is 28.9 Å². The molecule has 7 nitrogen and oxygen atoms in total. The van der Waals surface area contributed by atoms with E-state index in [0.29, 0.717) is 17.2 Å². The van der Waals surface area contributed by atoms with E-state index in [0.717, 1.165) is 31.6 Å². The lowest BCUT2D eigenvalue weighted by molar-refractivity contribution is 0.372. The third-order valence-electron chi connectivity index (χ3n) is 5.30. The van der Waals surface area contributed by atoms with E-state index in [1.165, 1.54) is 35.9 Å². The largest absolute Gasteiger partial charge is 0.494 e. The van der Waals surface area contributed by atoms with Crippen molar-refractivity contribution in [2.24, 2.45) is 11.5 Å². The summed E-state index contributed by atoms with van der Waals surface area (Å²) in [6.07, 6.45) is 8.67. The van der Waals surface area contributed by atoms with Crippen LogP contribution in [0.1, 0.15) is 18.9 Å². The highest BCUT2D eigenvalue weighted by Gasteiger charge is 2.19. The SMILES string of the molecule is CCc1cc(Nc2nccn3c(-c4ccc(OC)c(F)c4F)cnc23)ccc1SC.NCCCN.